The van der Waals surface area contributed by atoms with Crippen LogP contribution in [0.15, 0.2) is 6.07 Å². The Kier molecular flexibility index (Phi) is 4.59. The molecule has 2 fully saturated rings. The Morgan fingerprint density at radius 2 is 2.08 bits per heavy atom. The second-order valence-electron chi connectivity index (χ2n) is 7.36. The van der Waals surface area contributed by atoms with Gasteiger partial charge in [0.25, 0.3) is 0 Å². The Balaban J connectivity index is 1.52. The smallest absolute Gasteiger partial charge is 0.215 e. The van der Waals surface area contributed by atoms with Crippen LogP contribution in [0.1, 0.15) is 30.5 Å². The van der Waals surface area contributed by atoms with Crippen molar-refractivity contribution in [2.24, 2.45) is 5.41 Å². The number of hydrogen-bond acceptors (Lipinski definition) is 7. The molecule has 1 aliphatic carbocycles. The van der Waals surface area contributed by atoms with E-state index < -0.39 is 15.4 Å². The van der Waals surface area contributed by atoms with Crippen molar-refractivity contribution in [1.82, 2.24) is 14.5 Å². The second-order valence-corrected chi connectivity index (χ2v) is 9.33. The van der Waals surface area contributed by atoms with Gasteiger partial charge in [-0.1, -0.05) is 0 Å². The second kappa shape index (κ2) is 6.76. The van der Waals surface area contributed by atoms with Gasteiger partial charge in [0, 0.05) is 39.2 Å². The third-order valence-electron chi connectivity index (χ3n) is 5.38. The maximum absolute atomic E-state index is 12.8. The zero-order chi connectivity index (χ0) is 18.2. The van der Waals surface area contributed by atoms with Crippen LogP contribution in [0.25, 0.3) is 0 Å². The predicted molar refractivity (Wildman–Crippen MR) is 94.9 cm³/mol. The number of fused-ring (bicyclic) bond motifs is 1. The number of anilines is 1. The number of hydrogen-bond donors (Lipinski definition) is 0. The average Bonchev–Trinajstić information content (AvgIpc) is 3.44. The van der Waals surface area contributed by atoms with Crippen LogP contribution in [0.4, 0.5) is 5.82 Å². The summed E-state index contributed by atoms with van der Waals surface area (Å²) in [6, 6.07) is 4.14. The third kappa shape index (κ3) is 3.54. The zero-order valence-electron chi connectivity index (χ0n) is 14.7. The highest BCUT2D eigenvalue weighted by atomic mass is 32.2. The lowest BCUT2D eigenvalue weighted by Crippen LogP contribution is -2.40. The van der Waals surface area contributed by atoms with Crippen LogP contribution >= 0.6 is 0 Å². The van der Waals surface area contributed by atoms with Crippen molar-refractivity contribution in [3.05, 3.63) is 17.3 Å². The number of rotatable bonds is 4. The average molecular weight is 377 g/mol. The van der Waals surface area contributed by atoms with Gasteiger partial charge in [0.1, 0.15) is 0 Å². The minimum atomic E-state index is -3.45. The first-order valence-corrected chi connectivity index (χ1v) is 10.7. The van der Waals surface area contributed by atoms with E-state index in [2.05, 4.69) is 21.2 Å². The molecule has 4 rings (SSSR count). The van der Waals surface area contributed by atoms with E-state index in [1.807, 2.05) is 6.07 Å². The van der Waals surface area contributed by atoms with Gasteiger partial charge in [0.15, 0.2) is 5.82 Å². The van der Waals surface area contributed by atoms with Crippen LogP contribution in [0.3, 0.4) is 0 Å². The van der Waals surface area contributed by atoms with Gasteiger partial charge < -0.3 is 9.64 Å². The normalized spacial score (nSPS) is 23.0. The van der Waals surface area contributed by atoms with Crippen LogP contribution in [0, 0.1) is 16.7 Å². The molecule has 0 amide bonds. The fourth-order valence-corrected chi connectivity index (χ4v) is 5.48. The molecule has 1 saturated carbocycles. The molecular weight excluding hydrogens is 354 g/mol. The van der Waals surface area contributed by atoms with Crippen LogP contribution in [0.2, 0.25) is 0 Å². The van der Waals surface area contributed by atoms with Crippen molar-refractivity contribution in [2.75, 3.05) is 43.5 Å². The van der Waals surface area contributed by atoms with E-state index in [0.717, 1.165) is 43.2 Å². The summed E-state index contributed by atoms with van der Waals surface area (Å²) in [5, 5.41) is 17.9. The number of sulfonamides is 1. The molecule has 9 heteroatoms. The summed E-state index contributed by atoms with van der Waals surface area (Å²) in [5.74, 6) is 0.713. The standard InChI is InChI=1S/C17H23N5O3S/c18-12-17(3-4-17)13-26(23,24)22-6-2-15-14(11-22)10-16(20-19-15)21-5-1-8-25-9-7-21/h10H,1-9,11,13H2. The summed E-state index contributed by atoms with van der Waals surface area (Å²) in [4.78, 5) is 2.14. The van der Waals surface area contributed by atoms with E-state index in [-0.39, 0.29) is 5.75 Å². The quantitative estimate of drug-likeness (QED) is 0.761. The fraction of sp³-hybridized carbons (Fsp3) is 0.706. The summed E-state index contributed by atoms with van der Waals surface area (Å²) in [6.45, 7) is 3.76. The maximum Gasteiger partial charge on any atom is 0.215 e. The first kappa shape index (κ1) is 17.6. The Morgan fingerprint density at radius 1 is 1.23 bits per heavy atom. The van der Waals surface area contributed by atoms with Gasteiger partial charge >= 0.3 is 0 Å². The van der Waals surface area contributed by atoms with Crippen LogP contribution in [0.5, 0.6) is 0 Å². The highest BCUT2D eigenvalue weighted by molar-refractivity contribution is 7.89. The van der Waals surface area contributed by atoms with E-state index in [0.29, 0.717) is 39.0 Å². The Hall–Kier alpha value is -1.76. The Labute approximate surface area is 153 Å². The number of aromatic nitrogens is 2. The van der Waals surface area contributed by atoms with Crippen molar-refractivity contribution in [3.63, 3.8) is 0 Å². The highest BCUT2D eigenvalue weighted by Crippen LogP contribution is 2.46. The molecule has 140 valence electrons. The zero-order valence-corrected chi connectivity index (χ0v) is 15.5. The predicted octanol–water partition coefficient (Wildman–Crippen LogP) is 0.695. The van der Waals surface area contributed by atoms with Crippen LogP contribution in [-0.2, 0) is 27.7 Å². The lowest BCUT2D eigenvalue weighted by Gasteiger charge is -2.29. The summed E-state index contributed by atoms with van der Waals surface area (Å²) >= 11 is 0. The van der Waals surface area contributed by atoms with E-state index in [4.69, 9.17) is 4.74 Å². The number of ether oxygens (including phenoxy) is 1. The first-order valence-electron chi connectivity index (χ1n) is 9.09. The van der Waals surface area contributed by atoms with E-state index >= 15 is 0 Å². The minimum absolute atomic E-state index is 0.0688. The van der Waals surface area contributed by atoms with Crippen LogP contribution < -0.4 is 4.90 Å². The molecule has 8 nitrogen and oxygen atoms in total. The molecular formula is C17H23N5O3S. The Morgan fingerprint density at radius 3 is 2.85 bits per heavy atom. The summed E-state index contributed by atoms with van der Waals surface area (Å²) in [6.07, 6.45) is 2.86. The van der Waals surface area contributed by atoms with Crippen molar-refractivity contribution >= 4 is 15.8 Å². The van der Waals surface area contributed by atoms with Gasteiger partial charge in [-0.2, -0.15) is 14.7 Å². The fourth-order valence-electron chi connectivity index (χ4n) is 3.54. The lowest BCUT2D eigenvalue weighted by atomic mass is 10.1. The van der Waals surface area contributed by atoms with Gasteiger partial charge in [-0.25, -0.2) is 8.42 Å². The summed E-state index contributed by atoms with van der Waals surface area (Å²) in [5.41, 5.74) is 1.12. The molecule has 2 aliphatic heterocycles. The van der Waals surface area contributed by atoms with Crippen LogP contribution in [-0.4, -0.2) is 61.5 Å². The molecule has 0 bridgehead atoms. The SMILES string of the molecule is N#CC1(CS(=O)(=O)N2CCc3nnc(N4CCCOCC4)cc3C2)CC1. The molecule has 0 atom stereocenters. The maximum atomic E-state index is 12.8. The summed E-state index contributed by atoms with van der Waals surface area (Å²) < 4.78 is 32.5. The van der Waals surface area contributed by atoms with Gasteiger partial charge in [-0.3, -0.25) is 0 Å². The first-order chi connectivity index (χ1) is 12.5. The molecule has 3 heterocycles. The lowest BCUT2D eigenvalue weighted by molar-refractivity contribution is 0.152. The minimum Gasteiger partial charge on any atom is -0.380 e. The molecule has 1 aromatic rings. The van der Waals surface area contributed by atoms with Gasteiger partial charge in [-0.05, 0) is 30.9 Å². The van der Waals surface area contributed by atoms with Gasteiger partial charge in [0.2, 0.25) is 10.0 Å². The molecule has 0 unspecified atom stereocenters. The van der Waals surface area contributed by atoms with Crippen molar-refractivity contribution in [2.45, 2.75) is 32.2 Å². The van der Waals surface area contributed by atoms with Gasteiger partial charge in [-0.15, -0.1) is 5.10 Å². The molecule has 0 spiro atoms. The molecule has 3 aliphatic rings. The van der Waals surface area contributed by atoms with E-state index in [1.54, 1.807) is 0 Å². The topological polar surface area (TPSA) is 99.4 Å². The molecule has 1 aromatic heterocycles. The van der Waals surface area contributed by atoms with Gasteiger partial charge in [0.05, 0.1) is 29.5 Å². The highest BCUT2D eigenvalue weighted by Gasteiger charge is 2.48. The Bertz CT molecular complexity index is 823. The number of nitrogens with zero attached hydrogens (tertiary/aromatic N) is 5. The third-order valence-corrected chi connectivity index (χ3v) is 7.40. The van der Waals surface area contributed by atoms with Crippen molar-refractivity contribution < 1.29 is 13.2 Å². The molecule has 1 saturated heterocycles. The molecule has 26 heavy (non-hydrogen) atoms. The molecule has 0 radical (unpaired) electrons. The monoisotopic (exact) mass is 377 g/mol. The van der Waals surface area contributed by atoms with E-state index in [1.165, 1.54) is 4.31 Å². The molecule has 0 aromatic carbocycles. The largest absolute Gasteiger partial charge is 0.380 e. The van der Waals surface area contributed by atoms with Crippen molar-refractivity contribution in [1.29, 1.82) is 5.26 Å². The molecule has 0 N–H and O–H groups in total. The van der Waals surface area contributed by atoms with E-state index in [9.17, 15) is 13.7 Å². The number of nitriles is 1. The summed E-state index contributed by atoms with van der Waals surface area (Å²) in [7, 11) is -3.45. The van der Waals surface area contributed by atoms with Crippen molar-refractivity contribution in [3.8, 4) is 6.07 Å².